The first kappa shape index (κ1) is 15.5. The zero-order valence-corrected chi connectivity index (χ0v) is 13.1. The summed E-state index contributed by atoms with van der Waals surface area (Å²) in [7, 11) is 0. The van der Waals surface area contributed by atoms with Crippen LogP contribution in [0.3, 0.4) is 0 Å². The first-order valence-electron chi connectivity index (χ1n) is 7.68. The smallest absolute Gasteiger partial charge is 0.226 e. The van der Waals surface area contributed by atoms with Crippen LogP contribution in [-0.2, 0) is 6.54 Å². The van der Waals surface area contributed by atoms with Crippen molar-refractivity contribution in [1.29, 1.82) is 0 Å². The minimum absolute atomic E-state index is 0.471. The molecule has 0 fully saturated rings. The van der Waals surface area contributed by atoms with Gasteiger partial charge in [0, 0.05) is 18.7 Å². The number of hydrogen-bond acceptors (Lipinski definition) is 4. The molecule has 0 amide bonds. The Balaban J connectivity index is 1.55. The molecular weight excluding hydrogens is 288 g/mol. The van der Waals surface area contributed by atoms with Gasteiger partial charge in [-0.2, -0.15) is 0 Å². The molecule has 0 saturated heterocycles. The van der Waals surface area contributed by atoms with Crippen molar-refractivity contribution in [2.75, 3.05) is 6.54 Å². The molecule has 3 rings (SSSR count). The maximum absolute atomic E-state index is 10.3. The van der Waals surface area contributed by atoms with Gasteiger partial charge in [0.25, 0.3) is 0 Å². The quantitative estimate of drug-likeness (QED) is 0.732. The molecule has 2 N–H and O–H groups in total. The molecule has 0 spiro atoms. The molecule has 1 heterocycles. The summed E-state index contributed by atoms with van der Waals surface area (Å²) in [5, 5.41) is 13.5. The lowest BCUT2D eigenvalue weighted by Crippen LogP contribution is -2.21. The summed E-state index contributed by atoms with van der Waals surface area (Å²) in [6, 6.07) is 17.7. The van der Waals surface area contributed by atoms with E-state index < -0.39 is 6.10 Å². The van der Waals surface area contributed by atoms with Gasteiger partial charge in [0.1, 0.15) is 6.26 Å². The van der Waals surface area contributed by atoms with Crippen LogP contribution in [0, 0.1) is 6.92 Å². The molecule has 0 radical (unpaired) electrons. The maximum Gasteiger partial charge on any atom is 0.226 e. The Kier molecular flexibility index (Phi) is 4.86. The molecule has 3 aromatic rings. The average Bonchev–Trinajstić information content (AvgIpc) is 3.05. The topological polar surface area (TPSA) is 58.3 Å². The fraction of sp³-hybridized carbons (Fsp3) is 0.211. The molecule has 1 atom stereocenters. The average molecular weight is 308 g/mol. The molecular formula is C19H20N2O2. The summed E-state index contributed by atoms with van der Waals surface area (Å²) in [4.78, 5) is 4.46. The van der Waals surface area contributed by atoms with Crippen molar-refractivity contribution in [2.45, 2.75) is 19.6 Å². The number of nitrogens with zero attached hydrogens (tertiary/aromatic N) is 1. The highest BCUT2D eigenvalue weighted by Crippen LogP contribution is 2.18. The Morgan fingerprint density at radius 1 is 1.09 bits per heavy atom. The number of aromatic nitrogens is 1. The van der Waals surface area contributed by atoms with Crippen LogP contribution in [0.25, 0.3) is 11.5 Å². The number of oxazole rings is 1. The van der Waals surface area contributed by atoms with Gasteiger partial charge in [-0.3, -0.25) is 0 Å². The number of nitrogens with one attached hydrogen (secondary N) is 1. The van der Waals surface area contributed by atoms with Crippen molar-refractivity contribution in [3.8, 4) is 11.5 Å². The molecule has 0 bridgehead atoms. The first-order valence-corrected chi connectivity index (χ1v) is 7.68. The largest absolute Gasteiger partial charge is 0.444 e. The minimum atomic E-state index is -0.531. The SMILES string of the molecule is Cc1ccccc1C(O)CNCc1coc(-c2ccccc2)n1. The van der Waals surface area contributed by atoms with Crippen LogP contribution in [0.1, 0.15) is 22.9 Å². The van der Waals surface area contributed by atoms with Gasteiger partial charge in [-0.05, 0) is 30.2 Å². The summed E-state index contributed by atoms with van der Waals surface area (Å²) in [6.07, 6.45) is 1.12. The van der Waals surface area contributed by atoms with Gasteiger partial charge < -0.3 is 14.8 Å². The molecule has 0 aliphatic carbocycles. The fourth-order valence-electron chi connectivity index (χ4n) is 2.51. The first-order chi connectivity index (χ1) is 11.2. The highest BCUT2D eigenvalue weighted by atomic mass is 16.3. The van der Waals surface area contributed by atoms with E-state index in [1.54, 1.807) is 6.26 Å². The van der Waals surface area contributed by atoms with E-state index in [1.165, 1.54) is 0 Å². The molecule has 0 saturated carbocycles. The Morgan fingerprint density at radius 2 is 1.83 bits per heavy atom. The summed E-state index contributed by atoms with van der Waals surface area (Å²) in [6.45, 7) is 3.03. The van der Waals surface area contributed by atoms with Crippen LogP contribution in [0.5, 0.6) is 0 Å². The van der Waals surface area contributed by atoms with E-state index in [4.69, 9.17) is 4.42 Å². The van der Waals surface area contributed by atoms with Gasteiger partial charge in [0.05, 0.1) is 11.8 Å². The molecule has 2 aromatic carbocycles. The van der Waals surface area contributed by atoms with Gasteiger partial charge in [-0.1, -0.05) is 42.5 Å². The Bertz CT molecular complexity index is 753. The van der Waals surface area contributed by atoms with Gasteiger partial charge in [0.2, 0.25) is 5.89 Å². The van der Waals surface area contributed by atoms with E-state index in [-0.39, 0.29) is 0 Å². The second-order valence-corrected chi connectivity index (χ2v) is 5.51. The van der Waals surface area contributed by atoms with E-state index in [0.717, 1.165) is 22.4 Å². The number of aliphatic hydroxyl groups is 1. The van der Waals surface area contributed by atoms with E-state index in [0.29, 0.717) is 19.0 Å². The zero-order chi connectivity index (χ0) is 16.1. The van der Waals surface area contributed by atoms with Crippen LogP contribution < -0.4 is 5.32 Å². The monoisotopic (exact) mass is 308 g/mol. The summed E-state index contributed by atoms with van der Waals surface area (Å²) in [5.41, 5.74) is 3.82. The summed E-state index contributed by atoms with van der Waals surface area (Å²) in [5.74, 6) is 0.613. The predicted octanol–water partition coefficient (Wildman–Crippen LogP) is 3.47. The second-order valence-electron chi connectivity index (χ2n) is 5.51. The lowest BCUT2D eigenvalue weighted by atomic mass is 10.0. The lowest BCUT2D eigenvalue weighted by Gasteiger charge is -2.13. The highest BCUT2D eigenvalue weighted by Gasteiger charge is 2.10. The molecule has 4 nitrogen and oxygen atoms in total. The van der Waals surface area contributed by atoms with E-state index in [1.807, 2.05) is 61.5 Å². The predicted molar refractivity (Wildman–Crippen MR) is 89.8 cm³/mol. The van der Waals surface area contributed by atoms with Crippen molar-refractivity contribution in [2.24, 2.45) is 0 Å². The van der Waals surface area contributed by atoms with Gasteiger partial charge in [0.15, 0.2) is 0 Å². The summed E-state index contributed by atoms with van der Waals surface area (Å²) < 4.78 is 5.50. The number of benzene rings is 2. The van der Waals surface area contributed by atoms with Crippen molar-refractivity contribution in [3.05, 3.63) is 77.7 Å². The van der Waals surface area contributed by atoms with Crippen molar-refractivity contribution < 1.29 is 9.52 Å². The van der Waals surface area contributed by atoms with Crippen LogP contribution >= 0.6 is 0 Å². The molecule has 4 heteroatoms. The number of aliphatic hydroxyl groups excluding tert-OH is 1. The van der Waals surface area contributed by atoms with Gasteiger partial charge in [-0.15, -0.1) is 0 Å². The number of rotatable bonds is 6. The minimum Gasteiger partial charge on any atom is -0.444 e. The number of aryl methyl sites for hydroxylation is 1. The summed E-state index contributed by atoms with van der Waals surface area (Å²) >= 11 is 0. The third-order valence-corrected chi connectivity index (χ3v) is 3.76. The standard InChI is InChI=1S/C19H20N2O2/c1-14-7-5-6-10-17(14)18(22)12-20-11-16-13-23-19(21-16)15-8-3-2-4-9-15/h2-10,13,18,20,22H,11-12H2,1H3. The maximum atomic E-state index is 10.3. The van der Waals surface area contributed by atoms with Crippen LogP contribution in [-0.4, -0.2) is 16.6 Å². The van der Waals surface area contributed by atoms with Gasteiger partial charge >= 0.3 is 0 Å². The van der Waals surface area contributed by atoms with E-state index in [2.05, 4.69) is 10.3 Å². The van der Waals surface area contributed by atoms with E-state index >= 15 is 0 Å². The normalized spacial score (nSPS) is 12.3. The number of hydrogen-bond donors (Lipinski definition) is 2. The van der Waals surface area contributed by atoms with Crippen LogP contribution in [0.2, 0.25) is 0 Å². The van der Waals surface area contributed by atoms with Crippen molar-refractivity contribution in [3.63, 3.8) is 0 Å². The molecule has 1 aromatic heterocycles. The zero-order valence-electron chi connectivity index (χ0n) is 13.1. The van der Waals surface area contributed by atoms with Gasteiger partial charge in [-0.25, -0.2) is 4.98 Å². The third-order valence-electron chi connectivity index (χ3n) is 3.76. The molecule has 0 aliphatic heterocycles. The van der Waals surface area contributed by atoms with Crippen LogP contribution in [0.15, 0.2) is 65.3 Å². The van der Waals surface area contributed by atoms with Crippen molar-refractivity contribution >= 4 is 0 Å². The molecule has 23 heavy (non-hydrogen) atoms. The lowest BCUT2D eigenvalue weighted by molar-refractivity contribution is 0.173. The highest BCUT2D eigenvalue weighted by molar-refractivity contribution is 5.52. The second kappa shape index (κ2) is 7.22. The Morgan fingerprint density at radius 3 is 2.61 bits per heavy atom. The molecule has 118 valence electrons. The van der Waals surface area contributed by atoms with Crippen molar-refractivity contribution in [1.82, 2.24) is 10.3 Å². The fourth-order valence-corrected chi connectivity index (χ4v) is 2.51. The molecule has 0 aliphatic rings. The Hall–Kier alpha value is -2.43. The third kappa shape index (κ3) is 3.86. The Labute approximate surface area is 135 Å². The van der Waals surface area contributed by atoms with Crippen LogP contribution in [0.4, 0.5) is 0 Å². The van der Waals surface area contributed by atoms with E-state index in [9.17, 15) is 5.11 Å². The molecule has 1 unspecified atom stereocenters.